The number of nitrogens with zero attached hydrogens (tertiary/aromatic N) is 2. The molecule has 2 atom stereocenters. The second kappa shape index (κ2) is 5.64. The van der Waals surface area contributed by atoms with Gasteiger partial charge in [0.05, 0.1) is 0 Å². The van der Waals surface area contributed by atoms with E-state index in [1.54, 1.807) is 0 Å². The molecule has 1 fully saturated rings. The molecule has 0 aliphatic carbocycles. The predicted octanol–water partition coefficient (Wildman–Crippen LogP) is 1.26. The number of likely N-dealkylation sites (N-methyl/N-ethyl adjacent to an activating group) is 1. The first kappa shape index (κ1) is 13.5. The molecule has 16 heavy (non-hydrogen) atoms. The number of piperazine rings is 1. The monoisotopic (exact) mass is 228 g/mol. The molecule has 0 aromatic heterocycles. The van der Waals surface area contributed by atoms with Gasteiger partial charge in [0.25, 0.3) is 0 Å². The summed E-state index contributed by atoms with van der Waals surface area (Å²) in [7, 11) is 2.11. The van der Waals surface area contributed by atoms with Crippen LogP contribution in [0.4, 0.5) is 0 Å². The molecule has 4 heteroatoms. The Bertz CT molecular complexity index is 243. The van der Waals surface area contributed by atoms with Gasteiger partial charge in [0.15, 0.2) is 0 Å². The molecule has 2 unspecified atom stereocenters. The SMILES string of the molecule is CC(C)N1CC(C)N(C)C(CCC(=O)O)C1. The van der Waals surface area contributed by atoms with Crippen LogP contribution >= 0.6 is 0 Å². The van der Waals surface area contributed by atoms with Crippen LogP contribution in [0.1, 0.15) is 33.6 Å². The molecule has 1 rings (SSSR count). The summed E-state index contributed by atoms with van der Waals surface area (Å²) in [6.45, 7) is 8.68. The van der Waals surface area contributed by atoms with E-state index in [4.69, 9.17) is 5.11 Å². The highest BCUT2D eigenvalue weighted by molar-refractivity contribution is 5.66. The van der Waals surface area contributed by atoms with Crippen LogP contribution < -0.4 is 0 Å². The average molecular weight is 228 g/mol. The average Bonchev–Trinajstić information content (AvgIpc) is 2.19. The first-order valence-electron chi connectivity index (χ1n) is 6.09. The first-order valence-corrected chi connectivity index (χ1v) is 6.09. The van der Waals surface area contributed by atoms with Crippen LogP contribution in [-0.2, 0) is 4.79 Å². The first-order chi connectivity index (χ1) is 7.41. The molecule has 4 nitrogen and oxygen atoms in total. The van der Waals surface area contributed by atoms with Crippen molar-refractivity contribution in [3.63, 3.8) is 0 Å². The molecule has 1 heterocycles. The van der Waals surface area contributed by atoms with Crippen LogP contribution in [0.2, 0.25) is 0 Å². The Morgan fingerprint density at radius 2 is 2.06 bits per heavy atom. The lowest BCUT2D eigenvalue weighted by molar-refractivity contribution is -0.137. The van der Waals surface area contributed by atoms with Gasteiger partial charge in [-0.3, -0.25) is 14.6 Å². The number of hydrogen-bond acceptors (Lipinski definition) is 3. The van der Waals surface area contributed by atoms with Gasteiger partial charge >= 0.3 is 5.97 Å². The van der Waals surface area contributed by atoms with Gasteiger partial charge in [-0.25, -0.2) is 0 Å². The Morgan fingerprint density at radius 3 is 2.56 bits per heavy atom. The fourth-order valence-corrected chi connectivity index (χ4v) is 2.31. The zero-order valence-corrected chi connectivity index (χ0v) is 10.8. The molecule has 94 valence electrons. The third kappa shape index (κ3) is 3.46. The van der Waals surface area contributed by atoms with E-state index in [9.17, 15) is 4.79 Å². The molecular formula is C12H24N2O2. The number of carbonyl (C=O) groups is 1. The fourth-order valence-electron chi connectivity index (χ4n) is 2.31. The summed E-state index contributed by atoms with van der Waals surface area (Å²) in [4.78, 5) is 15.4. The van der Waals surface area contributed by atoms with Crippen LogP contribution in [0.25, 0.3) is 0 Å². The minimum absolute atomic E-state index is 0.271. The van der Waals surface area contributed by atoms with E-state index in [1.165, 1.54) is 0 Å². The van der Waals surface area contributed by atoms with E-state index < -0.39 is 5.97 Å². The Hall–Kier alpha value is -0.610. The van der Waals surface area contributed by atoms with Crippen molar-refractivity contribution in [3.8, 4) is 0 Å². The summed E-state index contributed by atoms with van der Waals surface area (Å²) in [5.41, 5.74) is 0. The third-order valence-corrected chi connectivity index (χ3v) is 3.64. The Kier molecular flexibility index (Phi) is 4.74. The van der Waals surface area contributed by atoms with Crippen molar-refractivity contribution < 1.29 is 9.90 Å². The lowest BCUT2D eigenvalue weighted by Gasteiger charge is -2.45. The third-order valence-electron chi connectivity index (χ3n) is 3.64. The number of aliphatic carboxylic acids is 1. The Morgan fingerprint density at radius 1 is 1.44 bits per heavy atom. The van der Waals surface area contributed by atoms with Crippen LogP contribution in [-0.4, -0.2) is 59.1 Å². The maximum atomic E-state index is 10.6. The molecule has 0 aromatic carbocycles. The quantitative estimate of drug-likeness (QED) is 0.787. The van der Waals surface area contributed by atoms with Crippen molar-refractivity contribution in [3.05, 3.63) is 0 Å². The zero-order valence-electron chi connectivity index (χ0n) is 10.8. The molecular weight excluding hydrogens is 204 g/mol. The minimum Gasteiger partial charge on any atom is -0.481 e. The molecule has 1 aliphatic rings. The van der Waals surface area contributed by atoms with Crippen LogP contribution in [0.3, 0.4) is 0 Å². The van der Waals surface area contributed by atoms with Crippen LogP contribution in [0, 0.1) is 0 Å². The number of carboxylic acid groups (broad SMARTS) is 1. The summed E-state index contributed by atoms with van der Waals surface area (Å²) < 4.78 is 0. The summed E-state index contributed by atoms with van der Waals surface area (Å²) in [6.07, 6.45) is 1.02. The van der Waals surface area contributed by atoms with Gasteiger partial charge in [0, 0.05) is 37.6 Å². The van der Waals surface area contributed by atoms with Gasteiger partial charge in [-0.15, -0.1) is 0 Å². The largest absolute Gasteiger partial charge is 0.481 e. The van der Waals surface area contributed by atoms with E-state index in [0.717, 1.165) is 19.5 Å². The van der Waals surface area contributed by atoms with E-state index in [0.29, 0.717) is 18.1 Å². The second-order valence-corrected chi connectivity index (χ2v) is 5.15. The van der Waals surface area contributed by atoms with Gasteiger partial charge in [-0.2, -0.15) is 0 Å². The van der Waals surface area contributed by atoms with Crippen molar-refractivity contribution in [2.45, 2.75) is 51.7 Å². The Labute approximate surface area is 98.2 Å². The highest BCUT2D eigenvalue weighted by atomic mass is 16.4. The lowest BCUT2D eigenvalue weighted by Crippen LogP contribution is -2.57. The van der Waals surface area contributed by atoms with Crippen molar-refractivity contribution in [2.75, 3.05) is 20.1 Å². The topological polar surface area (TPSA) is 43.8 Å². The molecule has 1 saturated heterocycles. The standard InChI is InChI=1S/C12H24N2O2/c1-9(2)14-7-10(3)13(4)11(8-14)5-6-12(15)16/h9-11H,5-8H2,1-4H3,(H,15,16). The maximum absolute atomic E-state index is 10.6. The molecule has 0 aromatic rings. The minimum atomic E-state index is -0.692. The normalized spacial score (nSPS) is 28.6. The van der Waals surface area contributed by atoms with Gasteiger partial charge < -0.3 is 5.11 Å². The molecule has 0 radical (unpaired) electrons. The van der Waals surface area contributed by atoms with Crippen LogP contribution in [0.5, 0.6) is 0 Å². The smallest absolute Gasteiger partial charge is 0.303 e. The molecule has 0 amide bonds. The second-order valence-electron chi connectivity index (χ2n) is 5.15. The number of rotatable bonds is 4. The van der Waals surface area contributed by atoms with Gasteiger partial charge in [0.2, 0.25) is 0 Å². The molecule has 0 spiro atoms. The van der Waals surface area contributed by atoms with E-state index in [1.807, 2.05) is 0 Å². The van der Waals surface area contributed by atoms with Gasteiger partial charge in [0.1, 0.15) is 0 Å². The molecule has 0 bridgehead atoms. The molecule has 0 saturated carbocycles. The Balaban J connectivity index is 2.55. The number of carboxylic acids is 1. The molecule has 1 aliphatic heterocycles. The van der Waals surface area contributed by atoms with Gasteiger partial charge in [-0.05, 0) is 34.2 Å². The van der Waals surface area contributed by atoms with Crippen molar-refractivity contribution in [2.24, 2.45) is 0 Å². The maximum Gasteiger partial charge on any atom is 0.303 e. The summed E-state index contributed by atoms with van der Waals surface area (Å²) in [6, 6.07) is 1.43. The van der Waals surface area contributed by atoms with Crippen LogP contribution in [0.15, 0.2) is 0 Å². The predicted molar refractivity (Wildman–Crippen MR) is 64.6 cm³/mol. The van der Waals surface area contributed by atoms with E-state index in [-0.39, 0.29) is 6.42 Å². The summed E-state index contributed by atoms with van der Waals surface area (Å²) in [5, 5.41) is 8.74. The van der Waals surface area contributed by atoms with E-state index in [2.05, 4.69) is 37.6 Å². The summed E-state index contributed by atoms with van der Waals surface area (Å²) in [5.74, 6) is -0.692. The zero-order chi connectivity index (χ0) is 12.3. The highest BCUT2D eigenvalue weighted by Gasteiger charge is 2.30. The molecule has 1 N–H and O–H groups in total. The van der Waals surface area contributed by atoms with Crippen molar-refractivity contribution >= 4 is 5.97 Å². The van der Waals surface area contributed by atoms with Crippen molar-refractivity contribution in [1.82, 2.24) is 9.80 Å². The summed E-state index contributed by atoms with van der Waals surface area (Å²) >= 11 is 0. The lowest BCUT2D eigenvalue weighted by atomic mass is 10.0. The van der Waals surface area contributed by atoms with Crippen molar-refractivity contribution in [1.29, 1.82) is 0 Å². The van der Waals surface area contributed by atoms with E-state index >= 15 is 0 Å². The fraction of sp³-hybridized carbons (Fsp3) is 0.917. The number of hydrogen-bond donors (Lipinski definition) is 1. The highest BCUT2D eigenvalue weighted by Crippen LogP contribution is 2.19. The van der Waals surface area contributed by atoms with Gasteiger partial charge in [-0.1, -0.05) is 0 Å².